The lowest BCUT2D eigenvalue weighted by atomic mass is 10.6. The maximum absolute atomic E-state index is 7.87. The zero-order valence-corrected chi connectivity index (χ0v) is 3.05. The van der Waals surface area contributed by atoms with Crippen LogP contribution in [0.15, 0.2) is 6.08 Å². The second-order valence-corrected chi connectivity index (χ2v) is 0.725. The van der Waals surface area contributed by atoms with Crippen LogP contribution in [0, 0.1) is 5.41 Å². The Bertz CT molecular complexity index is 72.9. The largest absolute Gasteiger partial charge is 0.364 e. The van der Waals surface area contributed by atoms with E-state index in [2.05, 4.69) is 0 Å². The molecular formula is C3H5NO2. The second kappa shape index (κ2) is 2.60. The van der Waals surface area contributed by atoms with E-state index in [0.29, 0.717) is 0 Å². The highest BCUT2D eigenvalue weighted by Crippen LogP contribution is 1.66. The molecule has 0 aromatic carbocycles. The van der Waals surface area contributed by atoms with Crippen molar-refractivity contribution in [2.45, 2.75) is 6.29 Å². The number of aliphatic hydroxyl groups excluding tert-OH is 1. The molecule has 0 aliphatic rings. The predicted molar refractivity (Wildman–Crippen MR) is 20.5 cm³/mol. The molecule has 0 aromatic heterocycles. The van der Waals surface area contributed by atoms with Gasteiger partial charge >= 0.3 is 0 Å². The van der Waals surface area contributed by atoms with Crippen LogP contribution in [0.1, 0.15) is 0 Å². The Labute approximate surface area is 35.1 Å². The Morgan fingerprint density at radius 1 is 1.67 bits per heavy atom. The molecule has 0 rings (SSSR count). The molecule has 0 aromatic rings. The summed E-state index contributed by atoms with van der Waals surface area (Å²) in [6.07, 6.45) is -0.706. The minimum atomic E-state index is -1.53. The topological polar surface area (TPSA) is 64.3 Å². The summed E-state index contributed by atoms with van der Waals surface area (Å²) in [6.45, 7) is 0. The third-order valence-electron chi connectivity index (χ3n) is 0.232. The second-order valence-electron chi connectivity index (χ2n) is 0.725. The van der Waals surface area contributed by atoms with Gasteiger partial charge in [-0.2, -0.15) is 0 Å². The van der Waals surface area contributed by atoms with Crippen molar-refractivity contribution in [2.24, 2.45) is 0 Å². The standard InChI is InChI=1S/C3H5NO2/c4-2-1-3(5)6/h1,3-6H. The van der Waals surface area contributed by atoms with Crippen molar-refractivity contribution in [1.82, 2.24) is 0 Å². The van der Waals surface area contributed by atoms with Crippen LogP contribution in [0.25, 0.3) is 0 Å². The monoisotopic (exact) mass is 87.0 g/mol. The molecule has 0 heterocycles. The van der Waals surface area contributed by atoms with Gasteiger partial charge in [0.1, 0.15) is 0 Å². The minimum Gasteiger partial charge on any atom is -0.364 e. The molecule has 0 amide bonds. The van der Waals surface area contributed by atoms with Gasteiger partial charge in [-0.1, -0.05) is 0 Å². The van der Waals surface area contributed by atoms with E-state index in [1.54, 1.807) is 5.87 Å². The van der Waals surface area contributed by atoms with Crippen molar-refractivity contribution in [3.05, 3.63) is 6.08 Å². The van der Waals surface area contributed by atoms with Gasteiger partial charge in [-0.05, 0) is 5.87 Å². The lowest BCUT2D eigenvalue weighted by Crippen LogP contribution is -1.96. The Hall–Kier alpha value is -0.630. The molecule has 3 nitrogen and oxygen atoms in total. The summed E-state index contributed by atoms with van der Waals surface area (Å²) < 4.78 is 0. The first-order valence-corrected chi connectivity index (χ1v) is 1.39. The highest BCUT2D eigenvalue weighted by atomic mass is 16.5. The zero-order valence-electron chi connectivity index (χ0n) is 3.05. The summed E-state index contributed by atoms with van der Waals surface area (Å²) in [7, 11) is 0. The van der Waals surface area contributed by atoms with Gasteiger partial charge < -0.3 is 10.2 Å². The molecule has 0 atom stereocenters. The predicted octanol–water partition coefficient (Wildman–Crippen LogP) is -0.898. The molecule has 6 heavy (non-hydrogen) atoms. The van der Waals surface area contributed by atoms with Crippen molar-refractivity contribution in [2.75, 3.05) is 0 Å². The molecule has 0 fully saturated rings. The van der Waals surface area contributed by atoms with Crippen molar-refractivity contribution >= 4 is 5.87 Å². The quantitative estimate of drug-likeness (QED) is 0.286. The van der Waals surface area contributed by atoms with Crippen molar-refractivity contribution in [3.63, 3.8) is 0 Å². The highest BCUT2D eigenvalue weighted by Gasteiger charge is 1.80. The van der Waals surface area contributed by atoms with E-state index < -0.39 is 6.29 Å². The Morgan fingerprint density at radius 2 is 2.17 bits per heavy atom. The van der Waals surface area contributed by atoms with Crippen LogP contribution in [0.2, 0.25) is 0 Å². The Balaban J connectivity index is 3.29. The van der Waals surface area contributed by atoms with Crippen LogP contribution < -0.4 is 0 Å². The molecule has 3 N–H and O–H groups in total. The molecule has 0 saturated heterocycles. The summed E-state index contributed by atoms with van der Waals surface area (Å²) in [5, 5.41) is 21.8. The molecule has 0 aliphatic carbocycles. The summed E-state index contributed by atoms with van der Waals surface area (Å²) in [4.78, 5) is 0. The first kappa shape index (κ1) is 5.37. The smallest absolute Gasteiger partial charge is 0.180 e. The van der Waals surface area contributed by atoms with E-state index in [1.807, 2.05) is 0 Å². The van der Waals surface area contributed by atoms with Gasteiger partial charge in [0.15, 0.2) is 6.29 Å². The first-order valence-electron chi connectivity index (χ1n) is 1.39. The van der Waals surface area contributed by atoms with Gasteiger partial charge in [-0.15, -0.1) is 0 Å². The van der Waals surface area contributed by atoms with E-state index in [-0.39, 0.29) is 0 Å². The maximum atomic E-state index is 7.87. The fourth-order valence-electron chi connectivity index (χ4n) is 0.0745. The molecule has 0 spiro atoms. The van der Waals surface area contributed by atoms with Gasteiger partial charge in [-0.3, -0.25) is 5.41 Å². The van der Waals surface area contributed by atoms with E-state index >= 15 is 0 Å². The molecule has 0 bridgehead atoms. The molecule has 0 aliphatic heterocycles. The van der Waals surface area contributed by atoms with E-state index in [4.69, 9.17) is 15.6 Å². The van der Waals surface area contributed by atoms with Crippen LogP contribution in [0.4, 0.5) is 0 Å². The van der Waals surface area contributed by atoms with Crippen LogP contribution >= 0.6 is 0 Å². The molecule has 0 unspecified atom stereocenters. The molecule has 0 radical (unpaired) electrons. The molecule has 34 valence electrons. The van der Waals surface area contributed by atoms with Crippen molar-refractivity contribution < 1.29 is 10.2 Å². The lowest BCUT2D eigenvalue weighted by molar-refractivity contribution is 0.00347. The SMILES string of the molecule is N=C=CC(O)O. The number of nitrogens with one attached hydrogen (secondary N) is 1. The van der Waals surface area contributed by atoms with Gasteiger partial charge in [0.2, 0.25) is 0 Å². The van der Waals surface area contributed by atoms with Crippen LogP contribution in [0.3, 0.4) is 0 Å². The van der Waals surface area contributed by atoms with Gasteiger partial charge in [0.25, 0.3) is 0 Å². The summed E-state index contributed by atoms with van der Waals surface area (Å²) in [6, 6.07) is 0. The molecule has 3 heteroatoms. The van der Waals surface area contributed by atoms with E-state index in [0.717, 1.165) is 6.08 Å². The zero-order chi connectivity index (χ0) is 4.99. The van der Waals surface area contributed by atoms with Gasteiger partial charge in [0.05, 0.1) is 0 Å². The fraction of sp³-hybridized carbons (Fsp3) is 0.333. The first-order chi connectivity index (χ1) is 2.77. The minimum absolute atomic E-state index is 0.819. The number of hydrogen-bond acceptors (Lipinski definition) is 3. The lowest BCUT2D eigenvalue weighted by Gasteiger charge is -1.83. The third-order valence-corrected chi connectivity index (χ3v) is 0.232. The number of hydrogen-bond donors (Lipinski definition) is 3. The normalized spacial score (nSPS) is 7.83. The average Bonchev–Trinajstić information content (AvgIpc) is 1.35. The van der Waals surface area contributed by atoms with Gasteiger partial charge in [-0.25, -0.2) is 0 Å². The van der Waals surface area contributed by atoms with Crippen LogP contribution in [-0.4, -0.2) is 22.4 Å². The van der Waals surface area contributed by atoms with Crippen molar-refractivity contribution in [3.8, 4) is 0 Å². The number of rotatable bonds is 1. The van der Waals surface area contributed by atoms with Crippen LogP contribution in [0.5, 0.6) is 0 Å². The highest BCUT2D eigenvalue weighted by molar-refractivity contribution is 5.47. The van der Waals surface area contributed by atoms with E-state index in [1.165, 1.54) is 0 Å². The third kappa shape index (κ3) is 3.37. The molecular weight excluding hydrogens is 82.0 g/mol. The molecule has 0 saturated carbocycles. The van der Waals surface area contributed by atoms with Crippen molar-refractivity contribution in [1.29, 1.82) is 5.41 Å². The van der Waals surface area contributed by atoms with E-state index in [9.17, 15) is 0 Å². The Kier molecular flexibility index (Phi) is 2.33. The summed E-state index contributed by atoms with van der Waals surface area (Å²) >= 11 is 0. The summed E-state index contributed by atoms with van der Waals surface area (Å²) in [5.41, 5.74) is 0. The summed E-state index contributed by atoms with van der Waals surface area (Å²) in [5.74, 6) is 1.69. The fourth-order valence-corrected chi connectivity index (χ4v) is 0.0745. The number of aliphatic hydroxyl groups is 2. The Morgan fingerprint density at radius 3 is 2.17 bits per heavy atom. The average molecular weight is 87.1 g/mol. The van der Waals surface area contributed by atoms with Gasteiger partial charge in [0, 0.05) is 6.08 Å². The van der Waals surface area contributed by atoms with Crippen LogP contribution in [-0.2, 0) is 0 Å². The maximum Gasteiger partial charge on any atom is 0.180 e.